The summed E-state index contributed by atoms with van der Waals surface area (Å²) in [6, 6.07) is 6.53. The van der Waals surface area contributed by atoms with Gasteiger partial charge in [-0.3, -0.25) is 0 Å². The molecule has 122 valence electrons. The molecule has 0 saturated heterocycles. The second kappa shape index (κ2) is 5.92. The largest absolute Gasteiger partial charge is 0.440 e. The van der Waals surface area contributed by atoms with Gasteiger partial charge in [0.05, 0.1) is 4.90 Å². The number of alkyl halides is 1. The van der Waals surface area contributed by atoms with E-state index >= 15 is 0 Å². The standard InChI is InChI=1S/C17H18FNO3S/c1-11-19-16(12-3-7-14(18)8-4-12)17(22-11)13-5-9-15(10-6-13)23(2,20)21/h3,5-6,9-10,14H,4,7-8H2,1-2H3. The molecule has 0 spiro atoms. The molecule has 3 rings (SSSR count). The average molecular weight is 335 g/mol. The van der Waals surface area contributed by atoms with Gasteiger partial charge in [0.15, 0.2) is 21.5 Å². The molecule has 0 aliphatic heterocycles. The third-order valence-corrected chi connectivity index (χ3v) is 5.06. The van der Waals surface area contributed by atoms with Gasteiger partial charge in [-0.1, -0.05) is 6.08 Å². The van der Waals surface area contributed by atoms with E-state index < -0.39 is 16.0 Å². The fourth-order valence-electron chi connectivity index (χ4n) is 2.71. The summed E-state index contributed by atoms with van der Waals surface area (Å²) < 4.78 is 42.1. The molecular weight excluding hydrogens is 317 g/mol. The van der Waals surface area contributed by atoms with Gasteiger partial charge in [0.1, 0.15) is 11.9 Å². The Balaban J connectivity index is 2.01. The molecule has 1 aromatic carbocycles. The van der Waals surface area contributed by atoms with E-state index in [1.54, 1.807) is 31.2 Å². The van der Waals surface area contributed by atoms with Gasteiger partial charge in [-0.05, 0) is 49.1 Å². The quantitative estimate of drug-likeness (QED) is 0.852. The molecule has 1 atom stereocenters. The molecule has 23 heavy (non-hydrogen) atoms. The first-order valence-electron chi connectivity index (χ1n) is 7.46. The van der Waals surface area contributed by atoms with Crippen molar-refractivity contribution in [3.05, 3.63) is 41.9 Å². The van der Waals surface area contributed by atoms with Crippen molar-refractivity contribution >= 4 is 15.4 Å². The minimum Gasteiger partial charge on any atom is -0.440 e. The lowest BCUT2D eigenvalue weighted by atomic mass is 9.94. The van der Waals surface area contributed by atoms with Crippen LogP contribution in [0.2, 0.25) is 0 Å². The zero-order valence-corrected chi connectivity index (χ0v) is 13.9. The van der Waals surface area contributed by atoms with Crippen LogP contribution in [0.15, 0.2) is 39.7 Å². The number of rotatable bonds is 3. The topological polar surface area (TPSA) is 60.2 Å². The van der Waals surface area contributed by atoms with Crippen molar-refractivity contribution in [1.29, 1.82) is 0 Å². The first-order chi connectivity index (χ1) is 10.8. The fraction of sp³-hybridized carbons (Fsp3) is 0.353. The summed E-state index contributed by atoms with van der Waals surface area (Å²) in [6.07, 6.45) is 3.77. The van der Waals surface area contributed by atoms with Gasteiger partial charge in [-0.15, -0.1) is 0 Å². The highest BCUT2D eigenvalue weighted by molar-refractivity contribution is 7.90. The normalized spacial score (nSPS) is 18.7. The number of oxazole rings is 1. The molecule has 2 aromatic rings. The van der Waals surface area contributed by atoms with E-state index in [0.717, 1.165) is 16.8 Å². The van der Waals surface area contributed by atoms with Crippen LogP contribution in [0.5, 0.6) is 0 Å². The van der Waals surface area contributed by atoms with Crippen molar-refractivity contribution in [2.24, 2.45) is 0 Å². The summed E-state index contributed by atoms with van der Waals surface area (Å²) in [4.78, 5) is 4.69. The monoisotopic (exact) mass is 335 g/mol. The molecule has 1 aliphatic rings. The maximum absolute atomic E-state index is 13.3. The van der Waals surface area contributed by atoms with Crippen molar-refractivity contribution in [2.75, 3.05) is 6.26 Å². The molecule has 0 bridgehead atoms. The number of hydrogen-bond acceptors (Lipinski definition) is 4. The highest BCUT2D eigenvalue weighted by atomic mass is 32.2. The first kappa shape index (κ1) is 15.9. The minimum atomic E-state index is -3.23. The van der Waals surface area contributed by atoms with Crippen LogP contribution in [0, 0.1) is 6.92 Å². The highest BCUT2D eigenvalue weighted by Crippen LogP contribution is 2.35. The number of hydrogen-bond donors (Lipinski definition) is 0. The van der Waals surface area contributed by atoms with Gasteiger partial charge in [-0.2, -0.15) is 0 Å². The Hall–Kier alpha value is -1.95. The molecule has 0 amide bonds. The van der Waals surface area contributed by atoms with Gasteiger partial charge in [0, 0.05) is 18.7 Å². The predicted molar refractivity (Wildman–Crippen MR) is 86.5 cm³/mol. The van der Waals surface area contributed by atoms with Crippen LogP contribution in [-0.4, -0.2) is 25.8 Å². The Morgan fingerprint density at radius 3 is 2.52 bits per heavy atom. The molecule has 0 fully saturated rings. The van der Waals surface area contributed by atoms with Crippen LogP contribution in [0.4, 0.5) is 4.39 Å². The Bertz CT molecular complexity index is 850. The first-order valence-corrected chi connectivity index (χ1v) is 9.35. The zero-order valence-electron chi connectivity index (χ0n) is 13.0. The van der Waals surface area contributed by atoms with Crippen molar-refractivity contribution in [3.8, 4) is 11.3 Å². The summed E-state index contributed by atoms with van der Waals surface area (Å²) in [6.45, 7) is 1.76. The second-order valence-electron chi connectivity index (χ2n) is 5.81. The molecule has 1 heterocycles. The minimum absolute atomic E-state index is 0.260. The lowest BCUT2D eigenvalue weighted by Gasteiger charge is -2.15. The number of nitrogens with zero attached hydrogens (tertiary/aromatic N) is 1. The summed E-state index contributed by atoms with van der Waals surface area (Å²) in [5.74, 6) is 1.14. The Kier molecular flexibility index (Phi) is 4.10. The summed E-state index contributed by atoms with van der Waals surface area (Å²) >= 11 is 0. The van der Waals surface area contributed by atoms with E-state index in [2.05, 4.69) is 4.98 Å². The summed E-state index contributed by atoms with van der Waals surface area (Å²) in [5, 5.41) is 0. The maximum atomic E-state index is 13.3. The number of aromatic nitrogens is 1. The molecule has 0 N–H and O–H groups in total. The Labute approximate surface area is 135 Å². The van der Waals surface area contributed by atoms with Gasteiger partial charge in [0.25, 0.3) is 0 Å². The third kappa shape index (κ3) is 3.37. The van der Waals surface area contributed by atoms with Gasteiger partial charge >= 0.3 is 0 Å². The molecule has 4 nitrogen and oxygen atoms in total. The van der Waals surface area contributed by atoms with E-state index in [1.165, 1.54) is 6.26 Å². The zero-order chi connectivity index (χ0) is 16.6. The van der Waals surface area contributed by atoms with Crippen LogP contribution in [0.3, 0.4) is 0 Å². The Morgan fingerprint density at radius 2 is 1.96 bits per heavy atom. The smallest absolute Gasteiger partial charge is 0.192 e. The molecule has 6 heteroatoms. The second-order valence-corrected chi connectivity index (χ2v) is 7.82. The van der Waals surface area contributed by atoms with Crippen molar-refractivity contribution in [1.82, 2.24) is 4.98 Å². The number of allylic oxidation sites excluding steroid dienone is 2. The molecule has 0 saturated carbocycles. The number of benzene rings is 1. The molecular formula is C17H18FNO3S. The van der Waals surface area contributed by atoms with Crippen LogP contribution < -0.4 is 0 Å². The molecule has 1 unspecified atom stereocenters. The third-order valence-electron chi connectivity index (χ3n) is 3.93. The van der Waals surface area contributed by atoms with Crippen LogP contribution in [-0.2, 0) is 9.84 Å². The lowest BCUT2D eigenvalue weighted by molar-refractivity contribution is 0.314. The fourth-order valence-corrected chi connectivity index (χ4v) is 3.34. The number of sulfone groups is 1. The van der Waals surface area contributed by atoms with Crippen LogP contribution in [0.1, 0.15) is 30.8 Å². The lowest BCUT2D eigenvalue weighted by Crippen LogP contribution is -2.05. The number of halogens is 1. The molecule has 1 aliphatic carbocycles. The van der Waals surface area contributed by atoms with Crippen molar-refractivity contribution in [2.45, 2.75) is 37.3 Å². The number of aryl methyl sites for hydroxylation is 1. The van der Waals surface area contributed by atoms with Gasteiger partial charge in [-0.25, -0.2) is 17.8 Å². The molecule has 1 aromatic heterocycles. The van der Waals surface area contributed by atoms with E-state index in [4.69, 9.17) is 4.42 Å². The van der Waals surface area contributed by atoms with Gasteiger partial charge < -0.3 is 4.42 Å². The van der Waals surface area contributed by atoms with E-state index in [0.29, 0.717) is 30.9 Å². The van der Waals surface area contributed by atoms with Crippen LogP contribution >= 0.6 is 0 Å². The van der Waals surface area contributed by atoms with Crippen molar-refractivity contribution < 1.29 is 17.2 Å². The van der Waals surface area contributed by atoms with Crippen molar-refractivity contribution in [3.63, 3.8) is 0 Å². The average Bonchev–Trinajstić information content (AvgIpc) is 2.89. The van der Waals surface area contributed by atoms with E-state index in [9.17, 15) is 12.8 Å². The summed E-state index contributed by atoms with van der Waals surface area (Å²) in [5.41, 5.74) is 2.47. The Morgan fingerprint density at radius 1 is 1.26 bits per heavy atom. The van der Waals surface area contributed by atoms with E-state index in [1.807, 2.05) is 6.08 Å². The predicted octanol–water partition coefficient (Wildman–Crippen LogP) is 3.96. The summed E-state index contributed by atoms with van der Waals surface area (Å²) in [7, 11) is -3.23. The molecule has 0 radical (unpaired) electrons. The SMILES string of the molecule is Cc1nc(C2=CCC(F)CC2)c(-c2ccc(S(C)(=O)=O)cc2)o1. The van der Waals surface area contributed by atoms with E-state index in [-0.39, 0.29) is 4.90 Å². The van der Waals surface area contributed by atoms with Crippen LogP contribution in [0.25, 0.3) is 16.9 Å². The maximum Gasteiger partial charge on any atom is 0.192 e. The van der Waals surface area contributed by atoms with Gasteiger partial charge in [0.2, 0.25) is 0 Å². The highest BCUT2D eigenvalue weighted by Gasteiger charge is 2.21.